The minimum absolute atomic E-state index is 0.143. The van der Waals surface area contributed by atoms with Crippen molar-refractivity contribution in [3.63, 3.8) is 0 Å². The van der Waals surface area contributed by atoms with E-state index in [0.717, 1.165) is 6.21 Å². The summed E-state index contributed by atoms with van der Waals surface area (Å²) in [7, 11) is 0. The monoisotopic (exact) mass is 472 g/mol. The van der Waals surface area contributed by atoms with Gasteiger partial charge in [-0.15, -0.1) is 0 Å². The van der Waals surface area contributed by atoms with Crippen LogP contribution in [0.1, 0.15) is 36.5 Å². The number of nitrogen functional groups attached to an aromatic ring is 1. The van der Waals surface area contributed by atoms with Crippen LogP contribution in [0.15, 0.2) is 41.6 Å². The van der Waals surface area contributed by atoms with Gasteiger partial charge in [-0.05, 0) is 30.0 Å². The second-order valence-corrected chi connectivity index (χ2v) is 8.60. The molecule has 0 saturated heterocycles. The fraction of sp³-hybridized carbons (Fsp3) is 0.208. The summed E-state index contributed by atoms with van der Waals surface area (Å²) in [5, 5.41) is 18.3. The van der Waals surface area contributed by atoms with Crippen molar-refractivity contribution in [3.05, 3.63) is 74.8 Å². The number of anilines is 1. The van der Waals surface area contributed by atoms with Crippen molar-refractivity contribution in [1.29, 1.82) is 10.7 Å². The standard InChI is InChI=1S/C24H21ClN8O/c1-13(2)5-18-16(7-26)23(17(8-27)24(28)32-18)14-3-4-20-19(6-14)29-11-22(34)33(20)12-21-30-9-15(25)10-31-21/h3-4,6,8-11,13,27H,5,12H2,1-2H3,(H2,28,32). The lowest BCUT2D eigenvalue weighted by atomic mass is 9.92. The van der Waals surface area contributed by atoms with Gasteiger partial charge < -0.3 is 11.1 Å². The number of nitriles is 1. The molecule has 0 aliphatic carbocycles. The number of halogens is 1. The average molecular weight is 473 g/mol. The van der Waals surface area contributed by atoms with Gasteiger partial charge >= 0.3 is 0 Å². The van der Waals surface area contributed by atoms with Crippen LogP contribution in [-0.4, -0.2) is 30.7 Å². The molecule has 0 aliphatic rings. The number of hydrogen-bond donors (Lipinski definition) is 2. The van der Waals surface area contributed by atoms with E-state index in [0.29, 0.717) is 56.2 Å². The maximum Gasteiger partial charge on any atom is 0.269 e. The molecular formula is C24H21ClN8O. The van der Waals surface area contributed by atoms with E-state index in [9.17, 15) is 10.1 Å². The average Bonchev–Trinajstić information content (AvgIpc) is 2.81. The molecule has 4 aromatic rings. The summed E-state index contributed by atoms with van der Waals surface area (Å²) in [4.78, 5) is 29.6. The molecule has 0 spiro atoms. The molecule has 0 radical (unpaired) electrons. The van der Waals surface area contributed by atoms with Gasteiger partial charge in [-0.3, -0.25) is 9.36 Å². The maximum atomic E-state index is 12.6. The van der Waals surface area contributed by atoms with Gasteiger partial charge in [-0.1, -0.05) is 31.5 Å². The van der Waals surface area contributed by atoms with Gasteiger partial charge in [0.15, 0.2) is 0 Å². The second kappa shape index (κ2) is 9.37. The summed E-state index contributed by atoms with van der Waals surface area (Å²) in [5.41, 5.74) is 9.50. The van der Waals surface area contributed by atoms with Crippen LogP contribution in [0.25, 0.3) is 22.2 Å². The molecule has 10 heteroatoms. The van der Waals surface area contributed by atoms with Crippen molar-refractivity contribution in [2.45, 2.75) is 26.8 Å². The minimum atomic E-state index is -0.302. The first-order chi connectivity index (χ1) is 16.3. The van der Waals surface area contributed by atoms with Crippen molar-refractivity contribution in [1.82, 2.24) is 24.5 Å². The number of nitrogens with zero attached hydrogens (tertiary/aromatic N) is 6. The zero-order valence-electron chi connectivity index (χ0n) is 18.6. The molecule has 9 nitrogen and oxygen atoms in total. The summed E-state index contributed by atoms with van der Waals surface area (Å²) < 4.78 is 1.52. The van der Waals surface area contributed by atoms with Crippen LogP contribution in [0.2, 0.25) is 5.02 Å². The highest BCUT2D eigenvalue weighted by atomic mass is 35.5. The number of aromatic nitrogens is 5. The van der Waals surface area contributed by atoms with E-state index >= 15 is 0 Å². The lowest BCUT2D eigenvalue weighted by molar-refractivity contribution is 0.635. The van der Waals surface area contributed by atoms with Gasteiger partial charge in [0.1, 0.15) is 17.7 Å². The predicted octanol–water partition coefficient (Wildman–Crippen LogP) is 3.60. The first-order valence-corrected chi connectivity index (χ1v) is 10.9. The van der Waals surface area contributed by atoms with Crippen molar-refractivity contribution in [2.24, 2.45) is 5.92 Å². The molecule has 34 heavy (non-hydrogen) atoms. The Bertz CT molecular complexity index is 1500. The summed E-state index contributed by atoms with van der Waals surface area (Å²) in [6.07, 6.45) is 5.86. The molecule has 1 aromatic carbocycles. The fourth-order valence-corrected chi connectivity index (χ4v) is 3.92. The third-order valence-corrected chi connectivity index (χ3v) is 5.50. The number of pyridine rings is 1. The minimum Gasteiger partial charge on any atom is -0.383 e. The van der Waals surface area contributed by atoms with E-state index in [1.807, 2.05) is 13.8 Å². The predicted molar refractivity (Wildman–Crippen MR) is 131 cm³/mol. The van der Waals surface area contributed by atoms with Crippen molar-refractivity contribution >= 4 is 34.7 Å². The zero-order valence-corrected chi connectivity index (χ0v) is 19.3. The first-order valence-electron chi connectivity index (χ1n) is 10.5. The molecule has 0 aliphatic heterocycles. The molecule has 4 rings (SSSR count). The van der Waals surface area contributed by atoms with E-state index in [1.165, 1.54) is 23.2 Å². The van der Waals surface area contributed by atoms with E-state index in [4.69, 9.17) is 22.7 Å². The van der Waals surface area contributed by atoms with Crippen LogP contribution in [0.4, 0.5) is 5.82 Å². The maximum absolute atomic E-state index is 12.6. The zero-order chi connectivity index (χ0) is 24.4. The highest BCUT2D eigenvalue weighted by molar-refractivity contribution is 6.30. The third-order valence-electron chi connectivity index (χ3n) is 5.31. The first kappa shape index (κ1) is 23.0. The summed E-state index contributed by atoms with van der Waals surface area (Å²) in [5.74, 6) is 0.888. The van der Waals surface area contributed by atoms with Crippen LogP contribution in [0, 0.1) is 22.7 Å². The molecule has 0 bridgehead atoms. The van der Waals surface area contributed by atoms with Crippen LogP contribution in [0.3, 0.4) is 0 Å². The Balaban J connectivity index is 1.90. The SMILES string of the molecule is CC(C)Cc1nc(N)c(C=N)c(-c2ccc3c(c2)ncc(=O)n3Cc2ncc(Cl)cn2)c1C#N. The lowest BCUT2D eigenvalue weighted by Crippen LogP contribution is -2.22. The summed E-state index contributed by atoms with van der Waals surface area (Å²) >= 11 is 5.86. The number of fused-ring (bicyclic) bond motifs is 1. The topological polar surface area (TPSA) is 147 Å². The molecule has 3 aromatic heterocycles. The smallest absolute Gasteiger partial charge is 0.269 e. The largest absolute Gasteiger partial charge is 0.383 e. The van der Waals surface area contributed by atoms with Gasteiger partial charge in [0, 0.05) is 29.7 Å². The molecule has 3 heterocycles. The third kappa shape index (κ3) is 4.36. The molecule has 170 valence electrons. The van der Waals surface area contributed by atoms with Crippen LogP contribution >= 0.6 is 11.6 Å². The highest BCUT2D eigenvalue weighted by Crippen LogP contribution is 2.33. The van der Waals surface area contributed by atoms with Gasteiger partial charge in [0.25, 0.3) is 5.56 Å². The van der Waals surface area contributed by atoms with Crippen molar-refractivity contribution in [3.8, 4) is 17.2 Å². The summed E-state index contributed by atoms with van der Waals surface area (Å²) in [6.45, 7) is 4.21. The Hall–Kier alpha value is -4.16. The van der Waals surface area contributed by atoms with Crippen molar-refractivity contribution < 1.29 is 0 Å². The molecule has 0 amide bonds. The number of rotatable bonds is 6. The Kier molecular flexibility index (Phi) is 6.34. The molecule has 0 unspecified atom stereocenters. The fourth-order valence-electron chi connectivity index (χ4n) is 3.82. The summed E-state index contributed by atoms with van der Waals surface area (Å²) in [6, 6.07) is 7.56. The van der Waals surface area contributed by atoms with E-state index in [1.54, 1.807) is 18.2 Å². The van der Waals surface area contributed by atoms with Gasteiger partial charge in [-0.2, -0.15) is 5.26 Å². The lowest BCUT2D eigenvalue weighted by Gasteiger charge is -2.16. The molecular weight excluding hydrogens is 452 g/mol. The van der Waals surface area contributed by atoms with E-state index in [2.05, 4.69) is 26.0 Å². The molecule has 0 saturated carbocycles. The van der Waals surface area contributed by atoms with Gasteiger partial charge in [0.05, 0.1) is 40.1 Å². The van der Waals surface area contributed by atoms with Gasteiger partial charge in [0.2, 0.25) is 0 Å². The highest BCUT2D eigenvalue weighted by Gasteiger charge is 2.20. The van der Waals surface area contributed by atoms with Gasteiger partial charge in [-0.25, -0.2) is 19.9 Å². The molecule has 0 fully saturated rings. The Labute approximate surface area is 200 Å². The van der Waals surface area contributed by atoms with Crippen LogP contribution < -0.4 is 11.3 Å². The number of nitrogens with one attached hydrogen (secondary N) is 1. The number of benzene rings is 1. The Morgan fingerprint density at radius 3 is 2.62 bits per heavy atom. The van der Waals surface area contributed by atoms with Crippen molar-refractivity contribution in [2.75, 3.05) is 5.73 Å². The van der Waals surface area contributed by atoms with E-state index in [-0.39, 0.29) is 23.8 Å². The van der Waals surface area contributed by atoms with E-state index < -0.39 is 0 Å². The van der Waals surface area contributed by atoms with Crippen LogP contribution in [-0.2, 0) is 13.0 Å². The quantitative estimate of drug-likeness (QED) is 0.407. The Morgan fingerprint density at radius 2 is 1.97 bits per heavy atom. The number of hydrogen-bond acceptors (Lipinski definition) is 8. The van der Waals surface area contributed by atoms with Crippen LogP contribution in [0.5, 0.6) is 0 Å². The molecule has 3 N–H and O–H groups in total. The molecule has 0 atom stereocenters. The normalized spacial score (nSPS) is 11.0. The second-order valence-electron chi connectivity index (χ2n) is 8.17. The Morgan fingerprint density at radius 1 is 1.24 bits per heavy atom. The number of nitrogens with two attached hydrogens (primary N) is 1.